The molecule has 1 aliphatic rings. The molecule has 1 atom stereocenters. The number of benzene rings is 1. The van der Waals surface area contributed by atoms with E-state index in [-0.39, 0.29) is 0 Å². The van der Waals surface area contributed by atoms with Gasteiger partial charge in [-0.3, -0.25) is 5.01 Å². The molecule has 4 rings (SSSR count). The summed E-state index contributed by atoms with van der Waals surface area (Å²) >= 11 is 0. The van der Waals surface area contributed by atoms with E-state index in [0.29, 0.717) is 5.92 Å². The number of nitrogens with one attached hydrogen (secondary N) is 1. The van der Waals surface area contributed by atoms with E-state index in [2.05, 4.69) is 96.3 Å². The quantitative estimate of drug-likeness (QED) is 0.177. The normalized spacial score (nSPS) is 14.2. The Labute approximate surface area is 240 Å². The summed E-state index contributed by atoms with van der Waals surface area (Å²) in [4.78, 5) is 16.8. The van der Waals surface area contributed by atoms with Gasteiger partial charge < -0.3 is 10.2 Å². The largest absolute Gasteiger partial charge is 0.356 e. The van der Waals surface area contributed by atoms with Crippen molar-refractivity contribution in [3.05, 3.63) is 71.2 Å². The number of aryl methyl sites for hydroxylation is 2. The van der Waals surface area contributed by atoms with Gasteiger partial charge in [0.1, 0.15) is 17.7 Å². The maximum Gasteiger partial charge on any atom is 0.160 e. The van der Waals surface area contributed by atoms with E-state index in [1.807, 2.05) is 24.3 Å². The molecular formula is C33H45N7. The molecule has 2 aromatic heterocycles. The summed E-state index contributed by atoms with van der Waals surface area (Å²) in [5, 5.41) is 9.80. The molecule has 7 heteroatoms. The van der Waals surface area contributed by atoms with Crippen molar-refractivity contribution < 1.29 is 0 Å². The number of hydrazone groups is 1. The van der Waals surface area contributed by atoms with Crippen molar-refractivity contribution in [2.45, 2.75) is 73.6 Å². The third-order valence-corrected chi connectivity index (χ3v) is 7.60. The Morgan fingerprint density at radius 3 is 2.67 bits per heavy atom. The molecule has 3 aromatic rings. The van der Waals surface area contributed by atoms with Crippen molar-refractivity contribution in [3.63, 3.8) is 0 Å². The van der Waals surface area contributed by atoms with Gasteiger partial charge in [0.05, 0.1) is 12.1 Å². The fourth-order valence-electron chi connectivity index (χ4n) is 5.04. The standard InChI is InChI=1S/C33H45N7/c1-7-10-11-16-39(22-24(4)8-2)33-26(6)20-30-31(38-33)32(35-23-34-30)37-29-13-12-28(25(5)19-29)21-27-14-17-40(18-15-27)36-9-3/h9,12-15,17,19-20,23-24H,7-8,10-11,16,18,21-22H2,1-6H3,(H,34,35,37)/b36-9-. The van der Waals surface area contributed by atoms with Crippen LogP contribution in [-0.4, -0.2) is 45.8 Å². The van der Waals surface area contributed by atoms with Gasteiger partial charge >= 0.3 is 0 Å². The van der Waals surface area contributed by atoms with E-state index in [9.17, 15) is 0 Å². The van der Waals surface area contributed by atoms with Gasteiger partial charge in [0.25, 0.3) is 0 Å². The molecule has 0 radical (unpaired) electrons. The highest BCUT2D eigenvalue weighted by Crippen LogP contribution is 2.29. The van der Waals surface area contributed by atoms with Crippen LogP contribution in [0.1, 0.15) is 70.1 Å². The molecule has 1 aliphatic heterocycles. The van der Waals surface area contributed by atoms with Crippen LogP contribution in [0.2, 0.25) is 0 Å². The van der Waals surface area contributed by atoms with Gasteiger partial charge in [0.2, 0.25) is 0 Å². The maximum absolute atomic E-state index is 5.18. The minimum atomic E-state index is 0.605. The first-order valence-corrected chi connectivity index (χ1v) is 14.8. The molecule has 1 unspecified atom stereocenters. The number of allylic oxidation sites excluding steroid dienone is 2. The number of hydrogen-bond donors (Lipinski definition) is 1. The Bertz CT molecular complexity index is 1370. The van der Waals surface area contributed by atoms with Crippen molar-refractivity contribution in [2.24, 2.45) is 11.0 Å². The molecule has 3 heterocycles. The Morgan fingerprint density at radius 2 is 1.98 bits per heavy atom. The molecule has 1 aromatic carbocycles. The molecule has 212 valence electrons. The van der Waals surface area contributed by atoms with Gasteiger partial charge in [0, 0.05) is 31.2 Å². The summed E-state index contributed by atoms with van der Waals surface area (Å²) in [5.41, 5.74) is 7.69. The Morgan fingerprint density at radius 1 is 1.12 bits per heavy atom. The molecule has 0 saturated carbocycles. The first-order chi connectivity index (χ1) is 19.4. The van der Waals surface area contributed by atoms with Crippen molar-refractivity contribution in [2.75, 3.05) is 29.9 Å². The second kappa shape index (κ2) is 14.1. The van der Waals surface area contributed by atoms with Crippen molar-refractivity contribution in [3.8, 4) is 0 Å². The van der Waals surface area contributed by atoms with Gasteiger partial charge in [-0.15, -0.1) is 0 Å². The third-order valence-electron chi connectivity index (χ3n) is 7.60. The van der Waals surface area contributed by atoms with Crippen LogP contribution in [-0.2, 0) is 6.42 Å². The molecule has 1 N–H and O–H groups in total. The molecule has 0 spiro atoms. The summed E-state index contributed by atoms with van der Waals surface area (Å²) < 4.78 is 0. The third kappa shape index (κ3) is 7.46. The van der Waals surface area contributed by atoms with Gasteiger partial charge in [-0.1, -0.05) is 52.2 Å². The van der Waals surface area contributed by atoms with Gasteiger partial charge in [-0.25, -0.2) is 15.0 Å². The molecule has 0 fully saturated rings. The molecule has 7 nitrogen and oxygen atoms in total. The SMILES string of the molecule is C/C=N\N1C=CC(Cc2ccc(Nc3ncnc4cc(C)c(N(CCCCC)CC(C)CC)nc34)cc2C)=CC1. The van der Waals surface area contributed by atoms with Gasteiger partial charge in [-0.2, -0.15) is 5.10 Å². The van der Waals surface area contributed by atoms with E-state index < -0.39 is 0 Å². The zero-order chi connectivity index (χ0) is 28.5. The number of anilines is 3. The number of aromatic nitrogens is 3. The summed E-state index contributed by atoms with van der Waals surface area (Å²) in [6.07, 6.45) is 15.5. The summed E-state index contributed by atoms with van der Waals surface area (Å²) in [7, 11) is 0. The van der Waals surface area contributed by atoms with Crippen LogP contribution in [0.4, 0.5) is 17.3 Å². The lowest BCUT2D eigenvalue weighted by atomic mass is 9.99. The van der Waals surface area contributed by atoms with Crippen LogP contribution < -0.4 is 10.2 Å². The number of nitrogens with zero attached hydrogens (tertiary/aromatic N) is 6. The minimum absolute atomic E-state index is 0.605. The van der Waals surface area contributed by atoms with Crippen LogP contribution in [0.25, 0.3) is 11.0 Å². The average molecular weight is 540 g/mol. The van der Waals surface area contributed by atoms with E-state index >= 15 is 0 Å². The molecule has 40 heavy (non-hydrogen) atoms. The predicted octanol–water partition coefficient (Wildman–Crippen LogP) is 7.73. The first-order valence-electron chi connectivity index (χ1n) is 14.8. The average Bonchev–Trinajstić information content (AvgIpc) is 2.95. The smallest absolute Gasteiger partial charge is 0.160 e. The number of pyridine rings is 1. The first kappa shape index (κ1) is 29.2. The number of rotatable bonds is 13. The topological polar surface area (TPSA) is 69.5 Å². The number of fused-ring (bicyclic) bond motifs is 1. The van der Waals surface area contributed by atoms with Crippen molar-refractivity contribution in [1.82, 2.24) is 20.0 Å². The Kier molecular flexibility index (Phi) is 10.3. The van der Waals surface area contributed by atoms with Gasteiger partial charge in [0.15, 0.2) is 5.82 Å². The second-order valence-electron chi connectivity index (χ2n) is 10.9. The zero-order valence-corrected chi connectivity index (χ0v) is 25.1. The second-order valence-corrected chi connectivity index (χ2v) is 10.9. The van der Waals surface area contributed by atoms with E-state index in [0.717, 1.165) is 66.4 Å². The maximum atomic E-state index is 5.18. The highest BCUT2D eigenvalue weighted by Gasteiger charge is 2.17. The van der Waals surface area contributed by atoms with Crippen molar-refractivity contribution >= 4 is 34.6 Å². The lowest BCUT2D eigenvalue weighted by Crippen LogP contribution is -2.31. The zero-order valence-electron chi connectivity index (χ0n) is 25.1. The van der Waals surface area contributed by atoms with Crippen molar-refractivity contribution in [1.29, 1.82) is 0 Å². The molecular weight excluding hydrogens is 494 g/mol. The van der Waals surface area contributed by atoms with E-state index in [1.54, 1.807) is 6.33 Å². The highest BCUT2D eigenvalue weighted by molar-refractivity contribution is 5.89. The highest BCUT2D eigenvalue weighted by atomic mass is 15.4. The van der Waals surface area contributed by atoms with Crippen LogP contribution in [0.3, 0.4) is 0 Å². The van der Waals surface area contributed by atoms with E-state index in [1.165, 1.54) is 36.0 Å². The number of unbranched alkanes of at least 4 members (excludes halogenated alkanes) is 2. The molecule has 0 aliphatic carbocycles. The summed E-state index contributed by atoms with van der Waals surface area (Å²) in [5.74, 6) is 2.39. The lowest BCUT2D eigenvalue weighted by Gasteiger charge is -2.28. The van der Waals surface area contributed by atoms with Crippen LogP contribution >= 0.6 is 0 Å². The molecule has 0 saturated heterocycles. The molecule has 0 amide bonds. The monoisotopic (exact) mass is 539 g/mol. The summed E-state index contributed by atoms with van der Waals surface area (Å²) in [6.45, 7) is 15.9. The van der Waals surface area contributed by atoms with Crippen LogP contribution in [0.5, 0.6) is 0 Å². The Balaban J connectivity index is 1.57. The fraction of sp³-hybridized carbons (Fsp3) is 0.455. The van der Waals surface area contributed by atoms with Crippen LogP contribution in [0.15, 0.2) is 59.6 Å². The number of hydrogen-bond acceptors (Lipinski definition) is 7. The van der Waals surface area contributed by atoms with E-state index in [4.69, 9.17) is 4.98 Å². The Hall–Kier alpha value is -3.74. The van der Waals surface area contributed by atoms with Gasteiger partial charge in [-0.05, 0) is 86.1 Å². The van der Waals surface area contributed by atoms with Crippen LogP contribution in [0, 0.1) is 19.8 Å². The lowest BCUT2D eigenvalue weighted by molar-refractivity contribution is 0.439. The minimum Gasteiger partial charge on any atom is -0.356 e. The summed E-state index contributed by atoms with van der Waals surface area (Å²) in [6, 6.07) is 8.68. The molecule has 0 bridgehead atoms. The predicted molar refractivity (Wildman–Crippen MR) is 170 cm³/mol. The fourth-order valence-corrected chi connectivity index (χ4v) is 5.04.